The number of carboxylic acids is 1. The largest absolute Gasteiger partial charge is 0.480 e. The lowest BCUT2D eigenvalue weighted by molar-refractivity contribution is -0.142. The van der Waals surface area contributed by atoms with Gasteiger partial charge in [-0.3, -0.25) is 4.79 Å². The third-order valence-electron chi connectivity index (χ3n) is 3.10. The van der Waals surface area contributed by atoms with E-state index >= 15 is 0 Å². The summed E-state index contributed by atoms with van der Waals surface area (Å²) in [6.45, 7) is 8.10. The van der Waals surface area contributed by atoms with Gasteiger partial charge in [-0.05, 0) is 36.5 Å². The molecule has 0 fully saturated rings. The van der Waals surface area contributed by atoms with E-state index < -0.39 is 11.5 Å². The van der Waals surface area contributed by atoms with E-state index in [1.165, 1.54) is 5.56 Å². The highest BCUT2D eigenvalue weighted by Crippen LogP contribution is 2.26. The van der Waals surface area contributed by atoms with Gasteiger partial charge in [-0.2, -0.15) is 0 Å². The minimum Gasteiger partial charge on any atom is -0.480 e. The molecule has 1 atom stereocenters. The van der Waals surface area contributed by atoms with Gasteiger partial charge in [0.1, 0.15) is 5.54 Å². The molecule has 1 aromatic carbocycles. The zero-order valence-corrected chi connectivity index (χ0v) is 12.9. The van der Waals surface area contributed by atoms with Crippen LogP contribution in [0.4, 0.5) is 0 Å². The van der Waals surface area contributed by atoms with Crippen LogP contribution in [0.1, 0.15) is 39.7 Å². The summed E-state index contributed by atoms with van der Waals surface area (Å²) in [7, 11) is 0. The molecule has 19 heavy (non-hydrogen) atoms. The molecular weight excluding hydrogens is 258 g/mol. The van der Waals surface area contributed by atoms with Gasteiger partial charge in [0.2, 0.25) is 0 Å². The number of nitrogens with two attached hydrogens (primary N) is 1. The van der Waals surface area contributed by atoms with E-state index in [2.05, 4.69) is 45.0 Å². The van der Waals surface area contributed by atoms with Gasteiger partial charge in [-0.25, -0.2) is 0 Å². The highest BCUT2D eigenvalue weighted by atomic mass is 32.2. The topological polar surface area (TPSA) is 63.3 Å². The first-order valence-electron chi connectivity index (χ1n) is 6.38. The van der Waals surface area contributed by atoms with E-state index in [4.69, 9.17) is 10.8 Å². The van der Waals surface area contributed by atoms with Crippen LogP contribution in [0.3, 0.4) is 0 Å². The lowest BCUT2D eigenvalue weighted by Crippen LogP contribution is -2.45. The number of thioether (sulfide) groups is 1. The summed E-state index contributed by atoms with van der Waals surface area (Å²) in [5.74, 6) is -0.245. The number of carboxylic acid groups (broad SMARTS) is 1. The molecule has 0 bridgehead atoms. The summed E-state index contributed by atoms with van der Waals surface area (Å²) >= 11 is 1.64. The monoisotopic (exact) mass is 281 g/mol. The Labute approximate surface area is 119 Å². The second kappa shape index (κ2) is 5.97. The minimum atomic E-state index is -1.14. The van der Waals surface area contributed by atoms with Crippen LogP contribution in [0.5, 0.6) is 0 Å². The quantitative estimate of drug-likeness (QED) is 0.813. The maximum Gasteiger partial charge on any atom is 0.323 e. The van der Waals surface area contributed by atoms with Crippen molar-refractivity contribution >= 4 is 17.7 Å². The second-order valence-corrected chi connectivity index (χ2v) is 7.26. The fourth-order valence-electron chi connectivity index (χ4n) is 1.54. The maximum atomic E-state index is 10.9. The van der Waals surface area contributed by atoms with Crippen molar-refractivity contribution in [1.82, 2.24) is 0 Å². The molecule has 1 unspecified atom stereocenters. The molecule has 1 aromatic rings. The van der Waals surface area contributed by atoms with E-state index in [-0.39, 0.29) is 5.41 Å². The lowest BCUT2D eigenvalue weighted by Gasteiger charge is -2.20. The lowest BCUT2D eigenvalue weighted by atomic mass is 9.87. The molecule has 0 aliphatic rings. The molecule has 0 aliphatic carbocycles. The van der Waals surface area contributed by atoms with Crippen molar-refractivity contribution in [2.75, 3.05) is 5.75 Å². The van der Waals surface area contributed by atoms with Crippen LogP contribution in [-0.2, 0) is 10.2 Å². The summed E-state index contributed by atoms with van der Waals surface area (Å²) < 4.78 is 0. The zero-order chi connectivity index (χ0) is 14.7. The average Bonchev–Trinajstić information content (AvgIpc) is 2.28. The number of hydrogen-bond donors (Lipinski definition) is 2. The number of carbonyl (C=O) groups is 1. The van der Waals surface area contributed by atoms with E-state index in [9.17, 15) is 4.79 Å². The maximum absolute atomic E-state index is 10.9. The van der Waals surface area contributed by atoms with Gasteiger partial charge >= 0.3 is 5.97 Å². The standard InChI is InChI=1S/C15H23NO2S/c1-14(2,3)11-5-7-12(8-6-11)19-10-9-15(4,16)13(17)18/h5-8H,9-10,16H2,1-4H3,(H,17,18). The average molecular weight is 281 g/mol. The first kappa shape index (κ1) is 16.1. The predicted molar refractivity (Wildman–Crippen MR) is 80.7 cm³/mol. The Morgan fingerprint density at radius 2 is 1.74 bits per heavy atom. The van der Waals surface area contributed by atoms with Crippen LogP contribution in [-0.4, -0.2) is 22.4 Å². The predicted octanol–water partition coefficient (Wildman–Crippen LogP) is 3.27. The summed E-state index contributed by atoms with van der Waals surface area (Å²) in [6.07, 6.45) is 0.452. The van der Waals surface area contributed by atoms with E-state index in [0.717, 1.165) is 4.90 Å². The molecule has 106 valence electrons. The highest BCUT2D eigenvalue weighted by Gasteiger charge is 2.27. The number of aliphatic carboxylic acids is 1. The van der Waals surface area contributed by atoms with Crippen LogP contribution < -0.4 is 5.73 Å². The van der Waals surface area contributed by atoms with Crippen molar-refractivity contribution in [3.8, 4) is 0 Å². The van der Waals surface area contributed by atoms with Gasteiger partial charge in [0, 0.05) is 10.6 Å². The first-order valence-corrected chi connectivity index (χ1v) is 7.37. The Bertz CT molecular complexity index is 432. The second-order valence-electron chi connectivity index (χ2n) is 6.10. The fraction of sp³-hybridized carbons (Fsp3) is 0.533. The molecule has 3 N–H and O–H groups in total. The van der Waals surface area contributed by atoms with Crippen LogP contribution in [0.25, 0.3) is 0 Å². The summed E-state index contributed by atoms with van der Waals surface area (Å²) in [5, 5.41) is 8.93. The van der Waals surface area contributed by atoms with Gasteiger partial charge in [0.05, 0.1) is 0 Å². The van der Waals surface area contributed by atoms with Crippen molar-refractivity contribution in [3.05, 3.63) is 29.8 Å². The fourth-order valence-corrected chi connectivity index (χ4v) is 2.63. The van der Waals surface area contributed by atoms with Crippen molar-refractivity contribution in [2.45, 2.75) is 50.0 Å². The van der Waals surface area contributed by atoms with Gasteiger partial charge in [0.15, 0.2) is 0 Å². The Balaban J connectivity index is 2.54. The van der Waals surface area contributed by atoms with E-state index in [1.807, 2.05) is 0 Å². The number of benzene rings is 1. The Kier molecular flexibility index (Phi) is 5.04. The molecule has 0 aliphatic heterocycles. The van der Waals surface area contributed by atoms with E-state index in [0.29, 0.717) is 12.2 Å². The Morgan fingerprint density at radius 1 is 1.21 bits per heavy atom. The van der Waals surface area contributed by atoms with Crippen LogP contribution in [0.2, 0.25) is 0 Å². The summed E-state index contributed by atoms with van der Waals surface area (Å²) in [5.41, 5.74) is 6.00. The Morgan fingerprint density at radius 3 is 2.16 bits per heavy atom. The van der Waals surface area contributed by atoms with Crippen LogP contribution in [0, 0.1) is 0 Å². The third-order valence-corrected chi connectivity index (χ3v) is 4.11. The minimum absolute atomic E-state index is 0.155. The molecule has 0 spiro atoms. The van der Waals surface area contributed by atoms with Gasteiger partial charge in [-0.15, -0.1) is 11.8 Å². The number of hydrogen-bond acceptors (Lipinski definition) is 3. The molecule has 0 aromatic heterocycles. The first-order chi connectivity index (χ1) is 8.63. The normalized spacial score (nSPS) is 15.0. The van der Waals surface area contributed by atoms with Crippen LogP contribution in [0.15, 0.2) is 29.2 Å². The molecule has 0 saturated heterocycles. The van der Waals surface area contributed by atoms with Gasteiger partial charge in [-0.1, -0.05) is 32.9 Å². The third kappa shape index (κ3) is 4.88. The zero-order valence-electron chi connectivity index (χ0n) is 12.1. The van der Waals surface area contributed by atoms with Crippen molar-refractivity contribution < 1.29 is 9.90 Å². The number of rotatable bonds is 5. The highest BCUT2D eigenvalue weighted by molar-refractivity contribution is 7.99. The molecule has 0 amide bonds. The van der Waals surface area contributed by atoms with Crippen LogP contribution >= 0.6 is 11.8 Å². The Hall–Kier alpha value is -1.00. The molecular formula is C15H23NO2S. The van der Waals surface area contributed by atoms with Crippen molar-refractivity contribution in [2.24, 2.45) is 5.73 Å². The molecule has 0 heterocycles. The molecule has 4 heteroatoms. The van der Waals surface area contributed by atoms with Gasteiger partial charge in [0.25, 0.3) is 0 Å². The summed E-state index contributed by atoms with van der Waals surface area (Å²) in [4.78, 5) is 12.0. The van der Waals surface area contributed by atoms with Crippen molar-refractivity contribution in [3.63, 3.8) is 0 Å². The summed E-state index contributed by atoms with van der Waals surface area (Å²) in [6, 6.07) is 8.42. The van der Waals surface area contributed by atoms with E-state index in [1.54, 1.807) is 18.7 Å². The SMILES string of the molecule is CC(N)(CCSc1ccc(C(C)(C)C)cc1)C(=O)O. The smallest absolute Gasteiger partial charge is 0.323 e. The molecule has 1 rings (SSSR count). The molecule has 3 nitrogen and oxygen atoms in total. The molecule has 0 saturated carbocycles. The van der Waals surface area contributed by atoms with Crippen molar-refractivity contribution in [1.29, 1.82) is 0 Å². The molecule has 0 radical (unpaired) electrons. The van der Waals surface area contributed by atoms with Gasteiger partial charge < -0.3 is 10.8 Å².